The molecule has 0 aromatic heterocycles. The van der Waals surface area contributed by atoms with Gasteiger partial charge in [0, 0.05) is 16.8 Å². The van der Waals surface area contributed by atoms with Crippen LogP contribution in [0.1, 0.15) is 39.5 Å². The number of fused-ring (bicyclic) bond motifs is 1. The van der Waals surface area contributed by atoms with E-state index in [-0.39, 0.29) is 5.75 Å². The van der Waals surface area contributed by atoms with E-state index in [1.807, 2.05) is 24.3 Å². The number of rotatable bonds is 8. The second kappa shape index (κ2) is 7.92. The van der Waals surface area contributed by atoms with Gasteiger partial charge in [-0.15, -0.1) is 0 Å². The fraction of sp³-hybridized carbons (Fsp3) is 0.474. The summed E-state index contributed by atoms with van der Waals surface area (Å²) in [4.78, 5) is 0. The summed E-state index contributed by atoms with van der Waals surface area (Å²) < 4.78 is 11.3. The Morgan fingerprint density at radius 3 is 2.45 bits per heavy atom. The van der Waals surface area contributed by atoms with Gasteiger partial charge in [-0.3, -0.25) is 0 Å². The second-order valence-corrected chi connectivity index (χ2v) is 5.70. The van der Waals surface area contributed by atoms with Crippen molar-refractivity contribution in [3.05, 3.63) is 30.3 Å². The summed E-state index contributed by atoms with van der Waals surface area (Å²) in [5, 5.41) is 11.9. The van der Waals surface area contributed by atoms with E-state index in [0.717, 1.165) is 22.9 Å². The maximum Gasteiger partial charge on any atom is 0.165 e. The van der Waals surface area contributed by atoms with Gasteiger partial charge in [-0.25, -0.2) is 0 Å². The number of phenolic OH excluding ortho intramolecular Hbond substituents is 1. The fourth-order valence-electron chi connectivity index (χ4n) is 2.68. The second-order valence-electron chi connectivity index (χ2n) is 5.70. The Kier molecular flexibility index (Phi) is 5.93. The standard InChI is InChI=1S/C19H26O3/c1-4-6-9-14(5-2)13-22-17-12-18(21-3)19(20)16-11-8-7-10-15(16)17/h7-8,10-12,14,20H,4-6,9,13H2,1-3H3. The number of hydrogen-bond donors (Lipinski definition) is 1. The van der Waals surface area contributed by atoms with Gasteiger partial charge < -0.3 is 14.6 Å². The smallest absolute Gasteiger partial charge is 0.165 e. The highest BCUT2D eigenvalue weighted by atomic mass is 16.5. The van der Waals surface area contributed by atoms with Crippen LogP contribution in [-0.4, -0.2) is 18.8 Å². The number of unbranched alkanes of at least 4 members (excludes halogenated alkanes) is 1. The zero-order valence-corrected chi connectivity index (χ0v) is 13.8. The topological polar surface area (TPSA) is 38.7 Å². The third kappa shape index (κ3) is 3.65. The van der Waals surface area contributed by atoms with Crippen LogP contribution >= 0.6 is 0 Å². The van der Waals surface area contributed by atoms with E-state index in [2.05, 4.69) is 13.8 Å². The summed E-state index contributed by atoms with van der Waals surface area (Å²) in [7, 11) is 1.56. The summed E-state index contributed by atoms with van der Waals surface area (Å²) in [5.41, 5.74) is 0. The van der Waals surface area contributed by atoms with Gasteiger partial charge in [0.15, 0.2) is 11.5 Å². The van der Waals surface area contributed by atoms with Crippen molar-refractivity contribution in [1.29, 1.82) is 0 Å². The molecule has 3 heteroatoms. The lowest BCUT2D eigenvalue weighted by molar-refractivity contribution is 0.234. The Hall–Kier alpha value is -1.90. The highest BCUT2D eigenvalue weighted by Gasteiger charge is 2.14. The van der Waals surface area contributed by atoms with Crippen molar-refractivity contribution >= 4 is 10.8 Å². The van der Waals surface area contributed by atoms with Crippen LogP contribution in [-0.2, 0) is 0 Å². The Morgan fingerprint density at radius 2 is 1.82 bits per heavy atom. The number of hydrogen-bond acceptors (Lipinski definition) is 3. The van der Waals surface area contributed by atoms with Crippen LogP contribution in [0.2, 0.25) is 0 Å². The van der Waals surface area contributed by atoms with Crippen molar-refractivity contribution in [2.24, 2.45) is 5.92 Å². The monoisotopic (exact) mass is 302 g/mol. The molecule has 0 saturated carbocycles. The summed E-state index contributed by atoms with van der Waals surface area (Å²) >= 11 is 0. The minimum Gasteiger partial charge on any atom is -0.504 e. The van der Waals surface area contributed by atoms with E-state index in [0.29, 0.717) is 18.3 Å². The number of methoxy groups -OCH3 is 1. The van der Waals surface area contributed by atoms with Crippen LogP contribution in [0.4, 0.5) is 0 Å². The molecule has 0 spiro atoms. The third-order valence-corrected chi connectivity index (χ3v) is 4.18. The molecular weight excluding hydrogens is 276 g/mol. The van der Waals surface area contributed by atoms with Gasteiger partial charge in [-0.05, 0) is 12.3 Å². The average Bonchev–Trinajstić information content (AvgIpc) is 2.57. The van der Waals surface area contributed by atoms with Gasteiger partial charge in [0.05, 0.1) is 13.7 Å². The summed E-state index contributed by atoms with van der Waals surface area (Å²) in [6.45, 7) is 5.12. The molecule has 22 heavy (non-hydrogen) atoms. The van der Waals surface area contributed by atoms with Crippen molar-refractivity contribution in [3.8, 4) is 17.2 Å². The first-order valence-corrected chi connectivity index (χ1v) is 8.12. The Labute approximate surface area is 132 Å². The lowest BCUT2D eigenvalue weighted by Crippen LogP contribution is -2.11. The molecule has 1 atom stereocenters. The van der Waals surface area contributed by atoms with E-state index in [1.165, 1.54) is 19.3 Å². The Bertz CT molecular complexity index is 607. The van der Waals surface area contributed by atoms with Crippen molar-refractivity contribution in [2.45, 2.75) is 39.5 Å². The molecule has 0 radical (unpaired) electrons. The molecule has 2 rings (SSSR count). The lowest BCUT2D eigenvalue weighted by Gasteiger charge is -2.18. The van der Waals surface area contributed by atoms with Gasteiger partial charge >= 0.3 is 0 Å². The van der Waals surface area contributed by atoms with Crippen molar-refractivity contribution in [2.75, 3.05) is 13.7 Å². The predicted octanol–water partition coefficient (Wildman–Crippen LogP) is 5.15. The molecule has 0 amide bonds. The molecule has 0 heterocycles. The summed E-state index contributed by atoms with van der Waals surface area (Å²) in [5.74, 6) is 1.97. The first-order chi connectivity index (χ1) is 10.7. The van der Waals surface area contributed by atoms with Gasteiger partial charge in [-0.2, -0.15) is 0 Å². The number of phenols is 1. The Morgan fingerprint density at radius 1 is 1.09 bits per heavy atom. The zero-order chi connectivity index (χ0) is 15.9. The van der Waals surface area contributed by atoms with Crippen LogP contribution in [0.5, 0.6) is 17.2 Å². The maximum absolute atomic E-state index is 10.2. The van der Waals surface area contributed by atoms with E-state index >= 15 is 0 Å². The van der Waals surface area contributed by atoms with E-state index in [4.69, 9.17) is 9.47 Å². The molecule has 0 aliphatic rings. The van der Waals surface area contributed by atoms with E-state index in [9.17, 15) is 5.11 Å². The Balaban J connectivity index is 2.25. The average molecular weight is 302 g/mol. The van der Waals surface area contributed by atoms with Gasteiger partial charge in [0.1, 0.15) is 5.75 Å². The predicted molar refractivity (Wildman–Crippen MR) is 91.0 cm³/mol. The van der Waals surface area contributed by atoms with Crippen molar-refractivity contribution in [1.82, 2.24) is 0 Å². The molecule has 120 valence electrons. The molecule has 0 aliphatic heterocycles. The minimum atomic E-state index is 0.170. The zero-order valence-electron chi connectivity index (χ0n) is 13.8. The van der Waals surface area contributed by atoms with Gasteiger partial charge in [0.25, 0.3) is 0 Å². The molecule has 3 nitrogen and oxygen atoms in total. The molecule has 0 saturated heterocycles. The lowest BCUT2D eigenvalue weighted by atomic mass is 10.0. The van der Waals surface area contributed by atoms with Crippen LogP contribution in [0.25, 0.3) is 10.8 Å². The molecule has 1 unspecified atom stereocenters. The van der Waals surface area contributed by atoms with Crippen molar-refractivity contribution < 1.29 is 14.6 Å². The minimum absolute atomic E-state index is 0.170. The van der Waals surface area contributed by atoms with Crippen molar-refractivity contribution in [3.63, 3.8) is 0 Å². The normalized spacial score (nSPS) is 12.3. The molecule has 0 fully saturated rings. The first-order valence-electron chi connectivity index (χ1n) is 8.12. The van der Waals surface area contributed by atoms with E-state index < -0.39 is 0 Å². The van der Waals surface area contributed by atoms with Gasteiger partial charge in [-0.1, -0.05) is 57.4 Å². The highest BCUT2D eigenvalue weighted by molar-refractivity contribution is 5.95. The van der Waals surface area contributed by atoms with E-state index in [1.54, 1.807) is 13.2 Å². The third-order valence-electron chi connectivity index (χ3n) is 4.18. The summed E-state index contributed by atoms with van der Waals surface area (Å²) in [6.07, 6.45) is 4.77. The molecule has 0 aliphatic carbocycles. The van der Waals surface area contributed by atoms with Crippen LogP contribution in [0.15, 0.2) is 30.3 Å². The molecular formula is C19H26O3. The van der Waals surface area contributed by atoms with Crippen LogP contribution in [0.3, 0.4) is 0 Å². The van der Waals surface area contributed by atoms with Crippen LogP contribution in [0, 0.1) is 5.92 Å². The molecule has 2 aromatic rings. The maximum atomic E-state index is 10.2. The number of ether oxygens (including phenoxy) is 2. The molecule has 0 bridgehead atoms. The van der Waals surface area contributed by atoms with Gasteiger partial charge in [0.2, 0.25) is 0 Å². The van der Waals surface area contributed by atoms with Crippen LogP contribution < -0.4 is 9.47 Å². The quantitative estimate of drug-likeness (QED) is 0.733. The largest absolute Gasteiger partial charge is 0.504 e. The number of benzene rings is 2. The summed E-state index contributed by atoms with van der Waals surface area (Å²) in [6, 6.07) is 9.49. The molecule has 2 aromatic carbocycles. The fourth-order valence-corrected chi connectivity index (χ4v) is 2.68. The highest BCUT2D eigenvalue weighted by Crippen LogP contribution is 2.40. The number of aromatic hydroxyl groups is 1. The first kappa shape index (κ1) is 16.5. The molecule has 1 N–H and O–H groups in total. The SMILES string of the molecule is CCCCC(CC)COc1cc(OC)c(O)c2ccccc12.